The number of hydrogen-bond donors (Lipinski definition) is 1. The lowest BCUT2D eigenvalue weighted by Crippen LogP contribution is -2.34. The van der Waals surface area contributed by atoms with E-state index < -0.39 is 0 Å². The van der Waals surface area contributed by atoms with Gasteiger partial charge in [-0.05, 0) is 30.6 Å². The van der Waals surface area contributed by atoms with Crippen molar-refractivity contribution in [3.8, 4) is 0 Å². The topological polar surface area (TPSA) is 29.5 Å². The average molecular weight is 200 g/mol. The summed E-state index contributed by atoms with van der Waals surface area (Å²) in [4.78, 5) is 0. The van der Waals surface area contributed by atoms with Crippen molar-refractivity contribution in [2.24, 2.45) is 11.3 Å². The predicted molar refractivity (Wildman–Crippen MR) is 58.3 cm³/mol. The van der Waals surface area contributed by atoms with E-state index in [2.05, 4.69) is 13.8 Å². The van der Waals surface area contributed by atoms with E-state index in [1.54, 1.807) is 0 Å². The number of aliphatic hydroxyl groups is 1. The van der Waals surface area contributed by atoms with E-state index >= 15 is 0 Å². The number of rotatable bonds is 5. The van der Waals surface area contributed by atoms with Crippen molar-refractivity contribution in [2.45, 2.75) is 46.0 Å². The fourth-order valence-electron chi connectivity index (χ4n) is 2.57. The summed E-state index contributed by atoms with van der Waals surface area (Å²) < 4.78 is 5.36. The van der Waals surface area contributed by atoms with Crippen molar-refractivity contribution < 1.29 is 9.84 Å². The standard InChI is InChI=1S/C12H24O2/c1-3-4-11(2)9-12(10-13)5-7-14-8-6-12/h11,13H,3-10H2,1-2H3. The van der Waals surface area contributed by atoms with E-state index in [1.807, 2.05) is 0 Å². The largest absolute Gasteiger partial charge is 0.396 e. The van der Waals surface area contributed by atoms with Crippen molar-refractivity contribution in [3.05, 3.63) is 0 Å². The highest BCUT2D eigenvalue weighted by Crippen LogP contribution is 2.37. The van der Waals surface area contributed by atoms with Crippen molar-refractivity contribution in [1.29, 1.82) is 0 Å². The second-order valence-corrected chi connectivity index (χ2v) is 4.87. The molecule has 1 fully saturated rings. The van der Waals surface area contributed by atoms with Gasteiger partial charge in [-0.25, -0.2) is 0 Å². The third-order valence-corrected chi connectivity index (χ3v) is 3.45. The Morgan fingerprint density at radius 2 is 2.00 bits per heavy atom. The first kappa shape index (κ1) is 12.0. The van der Waals surface area contributed by atoms with Crippen molar-refractivity contribution >= 4 is 0 Å². The third-order valence-electron chi connectivity index (χ3n) is 3.45. The zero-order valence-corrected chi connectivity index (χ0v) is 9.59. The van der Waals surface area contributed by atoms with Gasteiger partial charge in [-0.3, -0.25) is 0 Å². The molecule has 0 radical (unpaired) electrons. The van der Waals surface area contributed by atoms with Gasteiger partial charge in [-0.2, -0.15) is 0 Å². The Morgan fingerprint density at radius 1 is 1.36 bits per heavy atom. The minimum Gasteiger partial charge on any atom is -0.396 e. The zero-order chi connectivity index (χ0) is 10.4. The Kier molecular flexibility index (Phi) is 4.90. The van der Waals surface area contributed by atoms with Crippen LogP contribution in [0.25, 0.3) is 0 Å². The van der Waals surface area contributed by atoms with Crippen molar-refractivity contribution in [3.63, 3.8) is 0 Å². The average Bonchev–Trinajstić information content (AvgIpc) is 2.19. The molecule has 0 aromatic rings. The summed E-state index contributed by atoms with van der Waals surface area (Å²) in [7, 11) is 0. The van der Waals surface area contributed by atoms with Crippen LogP contribution in [0.2, 0.25) is 0 Å². The van der Waals surface area contributed by atoms with E-state index in [9.17, 15) is 5.11 Å². The molecule has 14 heavy (non-hydrogen) atoms. The van der Waals surface area contributed by atoms with Crippen LogP contribution >= 0.6 is 0 Å². The molecule has 1 rings (SSSR count). The van der Waals surface area contributed by atoms with Gasteiger partial charge in [0.1, 0.15) is 0 Å². The molecule has 1 unspecified atom stereocenters. The molecule has 1 aliphatic rings. The molecule has 2 heteroatoms. The molecular formula is C12H24O2. The summed E-state index contributed by atoms with van der Waals surface area (Å²) >= 11 is 0. The number of hydrogen-bond acceptors (Lipinski definition) is 2. The molecule has 0 aliphatic carbocycles. The minimum atomic E-state index is 0.173. The molecule has 0 saturated carbocycles. The zero-order valence-electron chi connectivity index (χ0n) is 9.59. The first-order chi connectivity index (χ1) is 6.72. The van der Waals surface area contributed by atoms with Gasteiger partial charge in [0.2, 0.25) is 0 Å². The van der Waals surface area contributed by atoms with Crippen LogP contribution in [0.5, 0.6) is 0 Å². The molecule has 0 amide bonds. The fourth-order valence-corrected chi connectivity index (χ4v) is 2.57. The van der Waals surface area contributed by atoms with Crippen LogP contribution in [0.3, 0.4) is 0 Å². The summed E-state index contributed by atoms with van der Waals surface area (Å²) in [5.41, 5.74) is 0.173. The molecule has 1 saturated heterocycles. The van der Waals surface area contributed by atoms with Crippen LogP contribution in [0.4, 0.5) is 0 Å². The molecule has 1 N–H and O–H groups in total. The molecule has 1 aliphatic heterocycles. The van der Waals surface area contributed by atoms with E-state index in [0.29, 0.717) is 6.61 Å². The molecule has 1 heterocycles. The molecule has 84 valence electrons. The summed E-state index contributed by atoms with van der Waals surface area (Å²) in [5, 5.41) is 9.50. The smallest absolute Gasteiger partial charge is 0.0489 e. The van der Waals surface area contributed by atoms with Crippen LogP contribution < -0.4 is 0 Å². The summed E-state index contributed by atoms with van der Waals surface area (Å²) in [6.45, 7) is 6.53. The van der Waals surface area contributed by atoms with E-state index in [4.69, 9.17) is 4.74 Å². The van der Waals surface area contributed by atoms with Crippen LogP contribution in [-0.2, 0) is 4.74 Å². The van der Waals surface area contributed by atoms with Gasteiger partial charge < -0.3 is 9.84 Å². The predicted octanol–water partition coefficient (Wildman–Crippen LogP) is 2.60. The highest BCUT2D eigenvalue weighted by atomic mass is 16.5. The Balaban J connectivity index is 2.42. The summed E-state index contributed by atoms with van der Waals surface area (Å²) in [6, 6.07) is 0. The molecular weight excluding hydrogens is 176 g/mol. The molecule has 0 spiro atoms. The Hall–Kier alpha value is -0.0800. The maximum absolute atomic E-state index is 9.50. The normalized spacial score (nSPS) is 23.4. The van der Waals surface area contributed by atoms with Gasteiger partial charge in [0.15, 0.2) is 0 Å². The maximum atomic E-state index is 9.50. The summed E-state index contributed by atoms with van der Waals surface area (Å²) in [5.74, 6) is 0.741. The Bertz CT molecular complexity index is 150. The second kappa shape index (κ2) is 5.72. The van der Waals surface area contributed by atoms with E-state index in [-0.39, 0.29) is 5.41 Å². The highest BCUT2D eigenvalue weighted by Gasteiger charge is 2.32. The van der Waals surface area contributed by atoms with Crippen molar-refractivity contribution in [1.82, 2.24) is 0 Å². The molecule has 0 aromatic heterocycles. The highest BCUT2D eigenvalue weighted by molar-refractivity contribution is 4.82. The first-order valence-corrected chi connectivity index (χ1v) is 5.91. The second-order valence-electron chi connectivity index (χ2n) is 4.87. The molecule has 2 nitrogen and oxygen atoms in total. The fraction of sp³-hybridized carbons (Fsp3) is 1.00. The molecule has 0 bridgehead atoms. The maximum Gasteiger partial charge on any atom is 0.0489 e. The van der Waals surface area contributed by atoms with E-state index in [1.165, 1.54) is 19.3 Å². The van der Waals surface area contributed by atoms with Gasteiger partial charge >= 0.3 is 0 Å². The van der Waals surface area contributed by atoms with Gasteiger partial charge in [-0.1, -0.05) is 26.7 Å². The lowest BCUT2D eigenvalue weighted by molar-refractivity contribution is -0.0284. The van der Waals surface area contributed by atoms with Crippen molar-refractivity contribution in [2.75, 3.05) is 19.8 Å². The van der Waals surface area contributed by atoms with Crippen LogP contribution in [0, 0.1) is 11.3 Å². The van der Waals surface area contributed by atoms with Gasteiger partial charge in [0.25, 0.3) is 0 Å². The van der Waals surface area contributed by atoms with Crippen LogP contribution in [0.1, 0.15) is 46.0 Å². The monoisotopic (exact) mass is 200 g/mol. The molecule has 1 atom stereocenters. The number of aliphatic hydroxyl groups excluding tert-OH is 1. The first-order valence-electron chi connectivity index (χ1n) is 5.91. The molecule has 0 aromatic carbocycles. The summed E-state index contributed by atoms with van der Waals surface area (Å²) in [6.07, 6.45) is 5.78. The Labute approximate surface area is 87.7 Å². The third kappa shape index (κ3) is 3.25. The Morgan fingerprint density at radius 3 is 2.50 bits per heavy atom. The van der Waals surface area contributed by atoms with Crippen LogP contribution in [-0.4, -0.2) is 24.9 Å². The lowest BCUT2D eigenvalue weighted by Gasteiger charge is -2.37. The van der Waals surface area contributed by atoms with Gasteiger partial charge in [0.05, 0.1) is 0 Å². The quantitative estimate of drug-likeness (QED) is 0.739. The number of ether oxygens (including phenoxy) is 1. The minimum absolute atomic E-state index is 0.173. The SMILES string of the molecule is CCCC(C)CC1(CO)CCOCC1. The van der Waals surface area contributed by atoms with E-state index in [0.717, 1.165) is 32.0 Å². The van der Waals surface area contributed by atoms with Gasteiger partial charge in [-0.15, -0.1) is 0 Å². The van der Waals surface area contributed by atoms with Gasteiger partial charge in [0, 0.05) is 19.8 Å². The van der Waals surface area contributed by atoms with Crippen LogP contribution in [0.15, 0.2) is 0 Å². The lowest BCUT2D eigenvalue weighted by atomic mass is 9.73.